The second-order valence-corrected chi connectivity index (χ2v) is 7.70. The van der Waals surface area contributed by atoms with Gasteiger partial charge >= 0.3 is 0 Å². The van der Waals surface area contributed by atoms with E-state index >= 15 is 0 Å². The highest BCUT2D eigenvalue weighted by Gasteiger charge is 2.46. The van der Waals surface area contributed by atoms with E-state index in [0.717, 1.165) is 31.3 Å². The lowest BCUT2D eigenvalue weighted by molar-refractivity contribution is -0.269. The monoisotopic (exact) mass is 318 g/mol. The second-order valence-electron chi connectivity index (χ2n) is 7.70. The Labute approximate surface area is 140 Å². The molecule has 0 saturated carbocycles. The molecule has 0 aliphatic heterocycles. The van der Waals surface area contributed by atoms with Crippen LogP contribution in [-0.2, 0) is 9.68 Å². The van der Waals surface area contributed by atoms with Gasteiger partial charge in [-0.25, -0.2) is 4.89 Å². The highest BCUT2D eigenvalue weighted by Crippen LogP contribution is 2.48. The lowest BCUT2D eigenvalue weighted by Crippen LogP contribution is -2.31. The zero-order chi connectivity index (χ0) is 17.2. The minimum absolute atomic E-state index is 0.228. The minimum Gasteiger partial charge on any atom is -0.294 e. The lowest BCUT2D eigenvalue weighted by atomic mass is 9.70. The SMILES string of the molecule is CC1=CC[C@]2(C)C(=O)C=C(C(C)C)[C@H]2C/C=C(/C)[C@H](OO)CC1. The molecule has 2 aliphatic carbocycles. The molecule has 0 fully saturated rings. The fourth-order valence-electron chi connectivity index (χ4n) is 3.81. The summed E-state index contributed by atoms with van der Waals surface area (Å²) in [4.78, 5) is 17.4. The van der Waals surface area contributed by atoms with Crippen LogP contribution in [0.25, 0.3) is 0 Å². The Kier molecular flexibility index (Phi) is 5.64. The molecular weight excluding hydrogens is 288 g/mol. The van der Waals surface area contributed by atoms with Crippen molar-refractivity contribution in [2.45, 2.75) is 66.4 Å². The number of carbonyl (C=O) groups excluding carboxylic acids is 1. The van der Waals surface area contributed by atoms with Crippen molar-refractivity contribution in [3.63, 3.8) is 0 Å². The number of rotatable bonds is 2. The number of hydrogen-bond donors (Lipinski definition) is 1. The number of allylic oxidation sites excluding steroid dienone is 5. The van der Waals surface area contributed by atoms with Crippen molar-refractivity contribution >= 4 is 5.78 Å². The molecule has 0 saturated heterocycles. The summed E-state index contributed by atoms with van der Waals surface area (Å²) in [5, 5.41) is 9.19. The van der Waals surface area contributed by atoms with Crippen LogP contribution in [0, 0.1) is 17.3 Å². The Morgan fingerprint density at radius 1 is 1.30 bits per heavy atom. The third kappa shape index (κ3) is 3.67. The normalized spacial score (nSPS) is 35.1. The Morgan fingerprint density at radius 2 is 2.00 bits per heavy atom. The Balaban J connectivity index is 2.42. The molecule has 2 rings (SSSR count). The van der Waals surface area contributed by atoms with Crippen LogP contribution in [0.4, 0.5) is 0 Å². The molecule has 0 bridgehead atoms. The standard InChI is InChI=1S/C20H30O3/c1-13(2)16-12-19(21)20(5)11-10-14(3)6-9-18(23-22)15(4)7-8-17(16)20/h7,10,12-13,17-18,22H,6,8-9,11H2,1-5H3/b14-10?,15-7-/t17-,18-,20+/m1/s1. The minimum atomic E-state index is -0.350. The van der Waals surface area contributed by atoms with Crippen LogP contribution in [0.2, 0.25) is 0 Å². The molecule has 0 heterocycles. The van der Waals surface area contributed by atoms with E-state index in [0.29, 0.717) is 5.92 Å². The topological polar surface area (TPSA) is 46.5 Å². The first-order chi connectivity index (χ1) is 10.8. The lowest BCUT2D eigenvalue weighted by Gasteiger charge is -2.32. The average Bonchev–Trinajstić information content (AvgIpc) is 2.74. The molecular formula is C20H30O3. The summed E-state index contributed by atoms with van der Waals surface area (Å²) in [5.74, 6) is 0.863. The van der Waals surface area contributed by atoms with Crippen LogP contribution in [0.5, 0.6) is 0 Å². The molecule has 128 valence electrons. The molecule has 0 aromatic heterocycles. The summed E-state index contributed by atoms with van der Waals surface area (Å²) in [7, 11) is 0. The maximum Gasteiger partial charge on any atom is 0.162 e. The van der Waals surface area contributed by atoms with Crippen LogP contribution in [0.1, 0.15) is 60.3 Å². The van der Waals surface area contributed by atoms with Gasteiger partial charge in [0.15, 0.2) is 5.78 Å². The predicted octanol–water partition coefficient (Wildman–Crippen LogP) is 5.10. The zero-order valence-electron chi connectivity index (χ0n) is 15.1. The Bertz CT molecular complexity index is 553. The van der Waals surface area contributed by atoms with E-state index in [1.54, 1.807) is 0 Å². The van der Waals surface area contributed by atoms with E-state index < -0.39 is 0 Å². The van der Waals surface area contributed by atoms with Crippen molar-refractivity contribution in [3.05, 3.63) is 34.9 Å². The summed E-state index contributed by atoms with van der Waals surface area (Å²) >= 11 is 0. The molecule has 3 atom stereocenters. The van der Waals surface area contributed by atoms with E-state index in [1.807, 2.05) is 13.0 Å². The maximum absolute atomic E-state index is 12.7. The highest BCUT2D eigenvalue weighted by atomic mass is 17.1. The summed E-state index contributed by atoms with van der Waals surface area (Å²) in [6, 6.07) is 0. The van der Waals surface area contributed by atoms with Crippen LogP contribution in [0.15, 0.2) is 34.9 Å². The number of fused-ring (bicyclic) bond motifs is 1. The van der Waals surface area contributed by atoms with Gasteiger partial charge in [0.1, 0.15) is 6.10 Å². The molecule has 0 spiro atoms. The number of carbonyl (C=O) groups is 1. The first kappa shape index (κ1) is 18.2. The highest BCUT2D eigenvalue weighted by molar-refractivity contribution is 5.98. The molecule has 3 nitrogen and oxygen atoms in total. The zero-order valence-corrected chi connectivity index (χ0v) is 15.1. The summed E-state index contributed by atoms with van der Waals surface area (Å²) < 4.78 is 0. The van der Waals surface area contributed by atoms with Crippen molar-refractivity contribution in [2.24, 2.45) is 17.3 Å². The van der Waals surface area contributed by atoms with Gasteiger partial charge in [0.05, 0.1) is 0 Å². The molecule has 3 heteroatoms. The first-order valence-corrected chi connectivity index (χ1v) is 8.68. The van der Waals surface area contributed by atoms with Crippen molar-refractivity contribution in [2.75, 3.05) is 0 Å². The van der Waals surface area contributed by atoms with E-state index in [2.05, 4.69) is 44.7 Å². The third-order valence-electron chi connectivity index (χ3n) is 5.68. The third-order valence-corrected chi connectivity index (χ3v) is 5.68. The summed E-state index contributed by atoms with van der Waals surface area (Å²) in [6.07, 6.45) is 9.23. The second kappa shape index (κ2) is 7.14. The number of ketones is 1. The van der Waals surface area contributed by atoms with Gasteiger partial charge in [-0.1, -0.05) is 44.1 Å². The largest absolute Gasteiger partial charge is 0.294 e. The molecule has 23 heavy (non-hydrogen) atoms. The van der Waals surface area contributed by atoms with Crippen molar-refractivity contribution in [1.82, 2.24) is 0 Å². The Hall–Kier alpha value is -1.19. The fourth-order valence-corrected chi connectivity index (χ4v) is 3.81. The summed E-state index contributed by atoms with van der Waals surface area (Å²) in [6.45, 7) is 10.5. The Morgan fingerprint density at radius 3 is 2.61 bits per heavy atom. The van der Waals surface area contributed by atoms with Gasteiger partial charge in [0, 0.05) is 5.41 Å². The van der Waals surface area contributed by atoms with E-state index in [4.69, 9.17) is 0 Å². The van der Waals surface area contributed by atoms with Crippen molar-refractivity contribution in [3.8, 4) is 0 Å². The van der Waals surface area contributed by atoms with Crippen LogP contribution in [-0.4, -0.2) is 17.1 Å². The smallest absolute Gasteiger partial charge is 0.162 e. The molecule has 0 radical (unpaired) electrons. The van der Waals surface area contributed by atoms with Crippen LogP contribution >= 0.6 is 0 Å². The quantitative estimate of drug-likeness (QED) is 0.438. The molecule has 2 aliphatic rings. The molecule has 0 aromatic carbocycles. The van der Waals surface area contributed by atoms with Crippen LogP contribution in [0.3, 0.4) is 0 Å². The molecule has 0 unspecified atom stereocenters. The van der Waals surface area contributed by atoms with E-state index in [1.165, 1.54) is 11.1 Å². The van der Waals surface area contributed by atoms with Gasteiger partial charge in [-0.05, 0) is 63.0 Å². The molecule has 0 amide bonds. The molecule has 0 aromatic rings. The van der Waals surface area contributed by atoms with Gasteiger partial charge in [-0.2, -0.15) is 0 Å². The van der Waals surface area contributed by atoms with Gasteiger partial charge in [0.25, 0.3) is 0 Å². The average molecular weight is 318 g/mol. The van der Waals surface area contributed by atoms with Crippen molar-refractivity contribution in [1.29, 1.82) is 0 Å². The van der Waals surface area contributed by atoms with E-state index in [-0.39, 0.29) is 23.2 Å². The summed E-state index contributed by atoms with van der Waals surface area (Å²) in [5.41, 5.74) is 3.21. The maximum atomic E-state index is 12.7. The fraction of sp³-hybridized carbons (Fsp3) is 0.650. The van der Waals surface area contributed by atoms with Gasteiger partial charge < -0.3 is 0 Å². The van der Waals surface area contributed by atoms with E-state index in [9.17, 15) is 10.1 Å². The van der Waals surface area contributed by atoms with Gasteiger partial charge in [-0.3, -0.25) is 10.1 Å². The van der Waals surface area contributed by atoms with Gasteiger partial charge in [-0.15, -0.1) is 0 Å². The molecule has 1 N–H and O–H groups in total. The number of hydrogen-bond acceptors (Lipinski definition) is 3. The van der Waals surface area contributed by atoms with Crippen LogP contribution < -0.4 is 0 Å². The predicted molar refractivity (Wildman–Crippen MR) is 93.0 cm³/mol. The van der Waals surface area contributed by atoms with Crippen molar-refractivity contribution < 1.29 is 14.9 Å². The first-order valence-electron chi connectivity index (χ1n) is 8.68. The van der Waals surface area contributed by atoms with Gasteiger partial charge in [0.2, 0.25) is 0 Å².